The number of nitriles is 1. The van der Waals surface area contributed by atoms with Crippen LogP contribution in [0.25, 0.3) is 22.0 Å². The van der Waals surface area contributed by atoms with Crippen molar-refractivity contribution in [1.82, 2.24) is 25.1 Å². The smallest absolute Gasteiger partial charge is 0.223 e. The SMILES string of the molecule is N#CN1CC[C@H](CNc2ncc3ccc(-c4cn[nH]c4)cc3n2)C1. The minimum Gasteiger partial charge on any atom is -0.354 e. The molecule has 0 aliphatic carbocycles. The van der Waals surface area contributed by atoms with Crippen LogP contribution < -0.4 is 5.32 Å². The van der Waals surface area contributed by atoms with Crippen LogP contribution in [-0.4, -0.2) is 44.7 Å². The maximum atomic E-state index is 8.92. The molecule has 1 aromatic carbocycles. The molecule has 0 bridgehead atoms. The second-order valence-electron chi connectivity index (χ2n) is 6.04. The second-order valence-corrected chi connectivity index (χ2v) is 6.04. The Balaban J connectivity index is 1.51. The third kappa shape index (κ3) is 2.86. The molecule has 1 aliphatic heterocycles. The Labute approximate surface area is 139 Å². The normalized spacial score (nSPS) is 17.1. The van der Waals surface area contributed by atoms with Crippen LogP contribution in [0.15, 0.2) is 36.8 Å². The molecule has 0 spiro atoms. The summed E-state index contributed by atoms with van der Waals surface area (Å²) in [6, 6.07) is 6.10. The minimum atomic E-state index is 0.459. The van der Waals surface area contributed by atoms with Gasteiger partial charge in [0.15, 0.2) is 6.19 Å². The molecule has 24 heavy (non-hydrogen) atoms. The predicted octanol–water partition coefficient (Wildman–Crippen LogP) is 2.23. The average molecular weight is 319 g/mol. The molecule has 1 atom stereocenters. The first-order valence-electron chi connectivity index (χ1n) is 7.96. The summed E-state index contributed by atoms with van der Waals surface area (Å²) in [6.07, 6.45) is 8.72. The molecule has 4 rings (SSSR count). The van der Waals surface area contributed by atoms with Gasteiger partial charge in [0.25, 0.3) is 0 Å². The van der Waals surface area contributed by atoms with Crippen LogP contribution in [0.1, 0.15) is 6.42 Å². The molecule has 1 fully saturated rings. The van der Waals surface area contributed by atoms with Crippen LogP contribution >= 0.6 is 0 Å². The van der Waals surface area contributed by atoms with Crippen LogP contribution in [0.2, 0.25) is 0 Å². The summed E-state index contributed by atoms with van der Waals surface area (Å²) < 4.78 is 0. The van der Waals surface area contributed by atoms with Gasteiger partial charge in [-0.15, -0.1) is 0 Å². The van der Waals surface area contributed by atoms with Gasteiger partial charge in [-0.1, -0.05) is 12.1 Å². The Morgan fingerprint density at radius 1 is 1.33 bits per heavy atom. The number of rotatable bonds is 4. The number of nitrogens with one attached hydrogen (secondary N) is 2. The van der Waals surface area contributed by atoms with Crippen molar-refractivity contribution in [3.8, 4) is 17.3 Å². The number of aromatic amines is 1. The van der Waals surface area contributed by atoms with Crippen LogP contribution in [0.3, 0.4) is 0 Å². The topological polar surface area (TPSA) is 93.5 Å². The van der Waals surface area contributed by atoms with Crippen LogP contribution in [0.5, 0.6) is 0 Å². The summed E-state index contributed by atoms with van der Waals surface area (Å²) in [5.74, 6) is 1.09. The third-order valence-electron chi connectivity index (χ3n) is 4.39. The number of H-pyrrole nitrogens is 1. The molecule has 3 aromatic rings. The highest BCUT2D eigenvalue weighted by Gasteiger charge is 2.21. The quantitative estimate of drug-likeness (QED) is 0.716. The standard InChI is InChI=1S/C17H17N7/c18-11-24-4-3-12(10-24)6-19-17-20-7-14-2-1-13(5-16(14)23-17)15-8-21-22-9-15/h1-2,5,7-9,12H,3-4,6,10H2,(H,21,22)(H,19,20,23)/t12-/m1/s1. The molecule has 0 unspecified atom stereocenters. The molecule has 0 radical (unpaired) electrons. The maximum Gasteiger partial charge on any atom is 0.223 e. The van der Waals surface area contributed by atoms with Gasteiger partial charge in [0, 0.05) is 43.0 Å². The van der Waals surface area contributed by atoms with E-state index in [4.69, 9.17) is 5.26 Å². The minimum absolute atomic E-state index is 0.459. The van der Waals surface area contributed by atoms with Crippen molar-refractivity contribution < 1.29 is 0 Å². The van der Waals surface area contributed by atoms with Gasteiger partial charge in [-0.25, -0.2) is 9.97 Å². The lowest BCUT2D eigenvalue weighted by molar-refractivity contribution is 0.460. The van der Waals surface area contributed by atoms with E-state index in [0.717, 1.165) is 48.1 Å². The van der Waals surface area contributed by atoms with Gasteiger partial charge in [0.05, 0.1) is 11.7 Å². The van der Waals surface area contributed by atoms with E-state index in [2.05, 4.69) is 31.7 Å². The van der Waals surface area contributed by atoms with Gasteiger partial charge in [-0.2, -0.15) is 10.4 Å². The summed E-state index contributed by atoms with van der Waals surface area (Å²) in [7, 11) is 0. The van der Waals surface area contributed by atoms with Crippen molar-refractivity contribution in [2.45, 2.75) is 6.42 Å². The van der Waals surface area contributed by atoms with E-state index in [1.54, 1.807) is 11.1 Å². The highest BCUT2D eigenvalue weighted by atomic mass is 15.2. The van der Waals surface area contributed by atoms with E-state index in [9.17, 15) is 0 Å². The zero-order chi connectivity index (χ0) is 16.4. The zero-order valence-corrected chi connectivity index (χ0v) is 13.1. The lowest BCUT2D eigenvalue weighted by atomic mass is 10.1. The summed E-state index contributed by atoms with van der Waals surface area (Å²) in [6.45, 7) is 2.43. The highest BCUT2D eigenvalue weighted by molar-refractivity contribution is 5.84. The number of hydrogen-bond acceptors (Lipinski definition) is 6. The first-order valence-corrected chi connectivity index (χ1v) is 7.96. The molecular weight excluding hydrogens is 302 g/mol. The van der Waals surface area contributed by atoms with Crippen LogP contribution in [0.4, 0.5) is 5.95 Å². The van der Waals surface area contributed by atoms with Crippen molar-refractivity contribution in [1.29, 1.82) is 5.26 Å². The third-order valence-corrected chi connectivity index (χ3v) is 4.39. The van der Waals surface area contributed by atoms with Crippen LogP contribution in [-0.2, 0) is 0 Å². The van der Waals surface area contributed by atoms with E-state index < -0.39 is 0 Å². The van der Waals surface area contributed by atoms with E-state index >= 15 is 0 Å². The van der Waals surface area contributed by atoms with E-state index in [1.165, 1.54) is 0 Å². The molecule has 7 heteroatoms. The van der Waals surface area contributed by atoms with E-state index in [1.807, 2.05) is 30.6 Å². The molecule has 7 nitrogen and oxygen atoms in total. The monoisotopic (exact) mass is 319 g/mol. The number of benzene rings is 1. The number of nitrogens with zero attached hydrogens (tertiary/aromatic N) is 5. The van der Waals surface area contributed by atoms with Gasteiger partial charge in [0.2, 0.25) is 5.95 Å². The zero-order valence-electron chi connectivity index (χ0n) is 13.1. The van der Waals surface area contributed by atoms with Gasteiger partial charge < -0.3 is 10.2 Å². The Morgan fingerprint density at radius 3 is 3.08 bits per heavy atom. The van der Waals surface area contributed by atoms with Crippen molar-refractivity contribution in [3.63, 3.8) is 0 Å². The fourth-order valence-corrected chi connectivity index (χ4v) is 3.02. The number of hydrogen-bond donors (Lipinski definition) is 2. The number of aromatic nitrogens is 4. The molecule has 1 saturated heterocycles. The number of fused-ring (bicyclic) bond motifs is 1. The van der Waals surface area contributed by atoms with Crippen molar-refractivity contribution in [3.05, 3.63) is 36.8 Å². The van der Waals surface area contributed by atoms with Gasteiger partial charge in [-0.3, -0.25) is 5.10 Å². The van der Waals surface area contributed by atoms with E-state index in [0.29, 0.717) is 11.9 Å². The molecule has 2 N–H and O–H groups in total. The molecular formula is C17H17N7. The lowest BCUT2D eigenvalue weighted by Gasteiger charge is -2.11. The summed E-state index contributed by atoms with van der Waals surface area (Å²) in [5.41, 5.74) is 3.00. The van der Waals surface area contributed by atoms with Crippen LogP contribution in [0, 0.1) is 17.4 Å². The lowest BCUT2D eigenvalue weighted by Crippen LogP contribution is -2.19. The van der Waals surface area contributed by atoms with Crippen molar-refractivity contribution in [2.75, 3.05) is 25.0 Å². The summed E-state index contributed by atoms with van der Waals surface area (Å²) in [4.78, 5) is 10.8. The largest absolute Gasteiger partial charge is 0.354 e. The van der Waals surface area contributed by atoms with Gasteiger partial charge in [0.1, 0.15) is 0 Å². The maximum absolute atomic E-state index is 8.92. The summed E-state index contributed by atoms with van der Waals surface area (Å²) in [5, 5.41) is 20.0. The van der Waals surface area contributed by atoms with E-state index in [-0.39, 0.29) is 0 Å². The fraction of sp³-hybridized carbons (Fsp3) is 0.294. The first kappa shape index (κ1) is 14.5. The second kappa shape index (κ2) is 6.16. The van der Waals surface area contributed by atoms with Crippen molar-refractivity contribution in [2.24, 2.45) is 5.92 Å². The molecule has 120 valence electrons. The predicted molar refractivity (Wildman–Crippen MR) is 90.9 cm³/mol. The molecule has 3 heterocycles. The highest BCUT2D eigenvalue weighted by Crippen LogP contribution is 2.23. The first-order chi connectivity index (χ1) is 11.8. The van der Waals surface area contributed by atoms with Gasteiger partial charge >= 0.3 is 0 Å². The number of likely N-dealkylation sites (tertiary alicyclic amines) is 1. The molecule has 1 aliphatic rings. The average Bonchev–Trinajstić information content (AvgIpc) is 3.31. The van der Waals surface area contributed by atoms with Crippen molar-refractivity contribution >= 4 is 16.9 Å². The number of anilines is 1. The molecule has 0 saturated carbocycles. The molecule has 2 aromatic heterocycles. The Hall–Kier alpha value is -3.14. The Bertz CT molecular complexity index is 882. The fourth-order valence-electron chi connectivity index (χ4n) is 3.02. The molecule has 0 amide bonds. The van der Waals surface area contributed by atoms with Gasteiger partial charge in [-0.05, 0) is 24.0 Å². The summed E-state index contributed by atoms with van der Waals surface area (Å²) >= 11 is 0. The Kier molecular flexibility index (Phi) is 3.71. The Morgan fingerprint density at radius 2 is 2.29 bits per heavy atom.